The molecule has 1 N–H and O–H groups in total. The van der Waals surface area contributed by atoms with Crippen LogP contribution in [0.4, 0.5) is 0 Å². The Kier molecular flexibility index (Phi) is 6.37. The monoisotopic (exact) mass is 248 g/mol. The molecular formula is C14H16O4. The van der Waals surface area contributed by atoms with E-state index in [-0.39, 0.29) is 12.6 Å². The Morgan fingerprint density at radius 1 is 1.22 bits per heavy atom. The largest absolute Gasteiger partial charge is 0.493 e. The molecule has 0 saturated carbocycles. The van der Waals surface area contributed by atoms with E-state index in [1.807, 2.05) is 0 Å². The Balaban J connectivity index is 2.36. The summed E-state index contributed by atoms with van der Waals surface area (Å²) in [7, 11) is 1.35. The first-order valence-corrected chi connectivity index (χ1v) is 5.65. The standard InChI is InChI=1S/C14H16O4/c1-17-14(16)12-6-8-13(9-7-12)18-11-5-3-2-4-10-15/h6-9,15H,4-5,10-11H2,1H3. The molecule has 0 unspecified atom stereocenters. The minimum atomic E-state index is -0.364. The van der Waals surface area contributed by atoms with Gasteiger partial charge in [0.1, 0.15) is 5.75 Å². The fraction of sp³-hybridized carbons (Fsp3) is 0.357. The van der Waals surface area contributed by atoms with Crippen LogP contribution in [0.2, 0.25) is 0 Å². The van der Waals surface area contributed by atoms with Gasteiger partial charge in [0.2, 0.25) is 0 Å². The second-order valence-corrected chi connectivity index (χ2v) is 3.44. The highest BCUT2D eigenvalue weighted by Crippen LogP contribution is 2.12. The van der Waals surface area contributed by atoms with Gasteiger partial charge in [-0.1, -0.05) is 5.92 Å². The maximum Gasteiger partial charge on any atom is 0.337 e. The highest BCUT2D eigenvalue weighted by atomic mass is 16.5. The predicted molar refractivity (Wildman–Crippen MR) is 67.4 cm³/mol. The van der Waals surface area contributed by atoms with Crippen LogP contribution in [0.5, 0.6) is 5.75 Å². The number of benzene rings is 1. The average Bonchev–Trinajstić information content (AvgIpc) is 2.42. The lowest BCUT2D eigenvalue weighted by molar-refractivity contribution is 0.0600. The van der Waals surface area contributed by atoms with E-state index in [1.54, 1.807) is 24.3 Å². The van der Waals surface area contributed by atoms with E-state index >= 15 is 0 Å². The van der Waals surface area contributed by atoms with Crippen molar-refractivity contribution in [3.8, 4) is 17.6 Å². The van der Waals surface area contributed by atoms with Crippen LogP contribution < -0.4 is 4.74 Å². The van der Waals surface area contributed by atoms with Crippen LogP contribution in [-0.2, 0) is 4.74 Å². The van der Waals surface area contributed by atoms with E-state index in [0.29, 0.717) is 30.8 Å². The molecule has 0 aromatic heterocycles. The van der Waals surface area contributed by atoms with Gasteiger partial charge in [-0.15, -0.1) is 5.92 Å². The fourth-order valence-electron chi connectivity index (χ4n) is 1.26. The first kappa shape index (κ1) is 14.1. The molecule has 0 aliphatic rings. The molecule has 1 rings (SSSR count). The number of methoxy groups -OCH3 is 1. The minimum Gasteiger partial charge on any atom is -0.493 e. The van der Waals surface area contributed by atoms with Crippen LogP contribution in [0.15, 0.2) is 24.3 Å². The van der Waals surface area contributed by atoms with Crippen molar-refractivity contribution in [2.75, 3.05) is 20.3 Å². The molecule has 96 valence electrons. The molecule has 0 heterocycles. The number of aliphatic hydroxyl groups is 1. The molecule has 1 aromatic rings. The molecule has 18 heavy (non-hydrogen) atoms. The second-order valence-electron chi connectivity index (χ2n) is 3.44. The van der Waals surface area contributed by atoms with Crippen LogP contribution in [0.25, 0.3) is 0 Å². The van der Waals surface area contributed by atoms with E-state index in [4.69, 9.17) is 9.84 Å². The highest BCUT2D eigenvalue weighted by Gasteiger charge is 2.04. The van der Waals surface area contributed by atoms with Gasteiger partial charge in [0.25, 0.3) is 0 Å². The number of hydrogen-bond acceptors (Lipinski definition) is 4. The lowest BCUT2D eigenvalue weighted by Gasteiger charge is -2.04. The molecule has 0 radical (unpaired) electrons. The van der Waals surface area contributed by atoms with Crippen molar-refractivity contribution in [3.63, 3.8) is 0 Å². The van der Waals surface area contributed by atoms with Gasteiger partial charge in [-0.05, 0) is 24.3 Å². The average molecular weight is 248 g/mol. The molecule has 0 aliphatic carbocycles. The van der Waals surface area contributed by atoms with Crippen LogP contribution in [0.3, 0.4) is 0 Å². The molecule has 4 heteroatoms. The van der Waals surface area contributed by atoms with Gasteiger partial charge in [-0.2, -0.15) is 0 Å². The molecule has 0 fully saturated rings. The number of esters is 1. The maximum absolute atomic E-state index is 11.2. The SMILES string of the molecule is COC(=O)c1ccc(OCCC#CCCO)cc1. The Labute approximate surface area is 107 Å². The Morgan fingerprint density at radius 3 is 2.50 bits per heavy atom. The summed E-state index contributed by atoms with van der Waals surface area (Å²) in [6, 6.07) is 6.73. The number of aliphatic hydroxyl groups excluding tert-OH is 1. The van der Waals surface area contributed by atoms with Crippen molar-refractivity contribution >= 4 is 5.97 Å². The zero-order valence-electron chi connectivity index (χ0n) is 10.3. The lowest BCUT2D eigenvalue weighted by atomic mass is 10.2. The van der Waals surface area contributed by atoms with Gasteiger partial charge in [-0.25, -0.2) is 4.79 Å². The Hall–Kier alpha value is -1.99. The van der Waals surface area contributed by atoms with Gasteiger partial charge in [0.15, 0.2) is 0 Å². The summed E-state index contributed by atoms with van der Waals surface area (Å²) in [6.45, 7) is 0.568. The van der Waals surface area contributed by atoms with Crippen LogP contribution in [0.1, 0.15) is 23.2 Å². The summed E-state index contributed by atoms with van der Waals surface area (Å²) in [5.74, 6) is 6.02. The third kappa shape index (κ3) is 4.89. The summed E-state index contributed by atoms with van der Waals surface area (Å²) in [5, 5.41) is 8.52. The second kappa shape index (κ2) is 8.15. The molecule has 0 spiro atoms. The van der Waals surface area contributed by atoms with E-state index in [0.717, 1.165) is 0 Å². The molecule has 0 saturated heterocycles. The van der Waals surface area contributed by atoms with E-state index < -0.39 is 0 Å². The highest BCUT2D eigenvalue weighted by molar-refractivity contribution is 5.89. The molecular weight excluding hydrogens is 232 g/mol. The van der Waals surface area contributed by atoms with Crippen LogP contribution >= 0.6 is 0 Å². The number of ether oxygens (including phenoxy) is 2. The topological polar surface area (TPSA) is 55.8 Å². The fourth-order valence-corrected chi connectivity index (χ4v) is 1.26. The molecule has 0 amide bonds. The van der Waals surface area contributed by atoms with Crippen LogP contribution in [-0.4, -0.2) is 31.4 Å². The minimum absolute atomic E-state index is 0.0862. The third-order valence-corrected chi connectivity index (χ3v) is 2.13. The first-order chi connectivity index (χ1) is 8.77. The number of carbonyl (C=O) groups is 1. The molecule has 0 aliphatic heterocycles. The van der Waals surface area contributed by atoms with E-state index in [2.05, 4.69) is 16.6 Å². The Bertz CT molecular complexity index is 425. The van der Waals surface area contributed by atoms with Gasteiger partial charge < -0.3 is 14.6 Å². The first-order valence-electron chi connectivity index (χ1n) is 5.65. The van der Waals surface area contributed by atoms with Crippen molar-refractivity contribution < 1.29 is 19.4 Å². The van der Waals surface area contributed by atoms with Gasteiger partial charge in [0.05, 0.1) is 25.9 Å². The summed E-state index contributed by atoms with van der Waals surface area (Å²) in [5.41, 5.74) is 0.493. The molecule has 1 aromatic carbocycles. The smallest absolute Gasteiger partial charge is 0.337 e. The summed E-state index contributed by atoms with van der Waals surface area (Å²) in [6.07, 6.45) is 1.10. The van der Waals surface area contributed by atoms with E-state index in [9.17, 15) is 4.79 Å². The van der Waals surface area contributed by atoms with Gasteiger partial charge in [-0.3, -0.25) is 0 Å². The number of hydrogen-bond donors (Lipinski definition) is 1. The van der Waals surface area contributed by atoms with E-state index in [1.165, 1.54) is 7.11 Å². The van der Waals surface area contributed by atoms with Gasteiger partial charge >= 0.3 is 5.97 Å². The molecule has 0 atom stereocenters. The Morgan fingerprint density at radius 2 is 1.89 bits per heavy atom. The zero-order chi connectivity index (χ0) is 13.2. The maximum atomic E-state index is 11.2. The lowest BCUT2D eigenvalue weighted by Crippen LogP contribution is -2.01. The van der Waals surface area contributed by atoms with Crippen molar-refractivity contribution in [1.29, 1.82) is 0 Å². The molecule has 4 nitrogen and oxygen atoms in total. The summed E-state index contributed by atoms with van der Waals surface area (Å²) >= 11 is 0. The normalized spacial score (nSPS) is 9.22. The predicted octanol–water partition coefficient (Wildman–Crippen LogP) is 1.63. The van der Waals surface area contributed by atoms with Crippen molar-refractivity contribution in [1.82, 2.24) is 0 Å². The quantitative estimate of drug-likeness (QED) is 0.489. The summed E-state index contributed by atoms with van der Waals surface area (Å²) in [4.78, 5) is 11.2. The van der Waals surface area contributed by atoms with Crippen molar-refractivity contribution in [2.45, 2.75) is 12.8 Å². The number of carbonyl (C=O) groups excluding carboxylic acids is 1. The zero-order valence-corrected chi connectivity index (χ0v) is 10.3. The van der Waals surface area contributed by atoms with Crippen molar-refractivity contribution in [3.05, 3.63) is 29.8 Å². The van der Waals surface area contributed by atoms with Crippen molar-refractivity contribution in [2.24, 2.45) is 0 Å². The molecule has 0 bridgehead atoms. The van der Waals surface area contributed by atoms with Gasteiger partial charge in [0, 0.05) is 12.8 Å². The third-order valence-electron chi connectivity index (χ3n) is 2.13. The van der Waals surface area contributed by atoms with Crippen LogP contribution in [0, 0.1) is 11.8 Å². The summed E-state index contributed by atoms with van der Waals surface area (Å²) < 4.78 is 10.0. The number of rotatable bonds is 5.